The van der Waals surface area contributed by atoms with Crippen molar-refractivity contribution in [2.45, 2.75) is 64.0 Å². The second-order valence-corrected chi connectivity index (χ2v) is 8.21. The lowest BCUT2D eigenvalue weighted by Crippen LogP contribution is -2.31. The van der Waals surface area contributed by atoms with Crippen LogP contribution in [0, 0.1) is 5.82 Å². The minimum atomic E-state index is -0.500. The van der Waals surface area contributed by atoms with E-state index in [0.29, 0.717) is 17.4 Å². The van der Waals surface area contributed by atoms with Crippen molar-refractivity contribution in [1.82, 2.24) is 10.6 Å². The van der Waals surface area contributed by atoms with Crippen LogP contribution in [0.5, 0.6) is 0 Å². The van der Waals surface area contributed by atoms with Crippen LogP contribution in [-0.2, 0) is 9.59 Å². The topological polar surface area (TPSA) is 82.9 Å². The van der Waals surface area contributed by atoms with Gasteiger partial charge in [-0.1, -0.05) is 62.9 Å². The highest BCUT2D eigenvalue weighted by atomic mass is 32.2. The highest BCUT2D eigenvalue weighted by molar-refractivity contribution is 8.15. The Morgan fingerprint density at radius 3 is 2.59 bits per heavy atom. The van der Waals surface area contributed by atoms with E-state index in [-0.39, 0.29) is 24.1 Å². The van der Waals surface area contributed by atoms with Gasteiger partial charge in [-0.2, -0.15) is 5.10 Å². The summed E-state index contributed by atoms with van der Waals surface area (Å²) in [6, 6.07) is 5.94. The minimum absolute atomic E-state index is 0.117. The first-order chi connectivity index (χ1) is 14.0. The number of thioether (sulfide) groups is 1. The fourth-order valence-corrected chi connectivity index (χ4v) is 3.75. The van der Waals surface area contributed by atoms with Crippen LogP contribution in [0.25, 0.3) is 0 Å². The number of unbranched alkanes of at least 4 members (excludes halogenated alkanes) is 5. The summed E-state index contributed by atoms with van der Waals surface area (Å²) in [6.45, 7) is 4.59. The van der Waals surface area contributed by atoms with Crippen LogP contribution in [0.2, 0.25) is 0 Å². The van der Waals surface area contributed by atoms with Gasteiger partial charge in [-0.25, -0.2) is 4.39 Å². The van der Waals surface area contributed by atoms with Gasteiger partial charge in [0.2, 0.25) is 11.8 Å². The largest absolute Gasteiger partial charge is 0.356 e. The number of hydrogen-bond acceptors (Lipinski definition) is 5. The number of amidine groups is 1. The molecule has 0 radical (unpaired) electrons. The van der Waals surface area contributed by atoms with Gasteiger partial charge < -0.3 is 10.6 Å². The molecule has 1 fully saturated rings. The summed E-state index contributed by atoms with van der Waals surface area (Å²) >= 11 is 1.20. The zero-order chi connectivity index (χ0) is 21.1. The third-order valence-electron chi connectivity index (χ3n) is 4.55. The predicted molar refractivity (Wildman–Crippen MR) is 117 cm³/mol. The number of carbonyl (C=O) groups is 2. The highest BCUT2D eigenvalue weighted by Gasteiger charge is 2.32. The molecule has 2 N–H and O–H groups in total. The van der Waals surface area contributed by atoms with Crippen LogP contribution in [0.15, 0.2) is 34.5 Å². The number of rotatable bonds is 11. The quantitative estimate of drug-likeness (QED) is 0.322. The molecule has 1 atom stereocenters. The van der Waals surface area contributed by atoms with E-state index in [9.17, 15) is 14.0 Å². The summed E-state index contributed by atoms with van der Waals surface area (Å²) in [5, 5.41) is 13.5. The molecule has 1 heterocycles. The van der Waals surface area contributed by atoms with Crippen molar-refractivity contribution in [2.75, 3.05) is 6.54 Å². The summed E-state index contributed by atoms with van der Waals surface area (Å²) in [5.74, 6) is -0.680. The van der Waals surface area contributed by atoms with Crippen LogP contribution >= 0.6 is 11.8 Å². The summed E-state index contributed by atoms with van der Waals surface area (Å²) in [7, 11) is 0. The molecule has 0 aliphatic carbocycles. The van der Waals surface area contributed by atoms with Crippen molar-refractivity contribution >= 4 is 34.5 Å². The Labute approximate surface area is 175 Å². The number of hydrogen-bond donors (Lipinski definition) is 2. The molecule has 1 aliphatic rings. The molecule has 6 nitrogen and oxygen atoms in total. The maximum absolute atomic E-state index is 13.0. The Balaban J connectivity index is 1.74. The summed E-state index contributed by atoms with van der Waals surface area (Å²) in [6.07, 6.45) is 7.12. The maximum Gasteiger partial charge on any atom is 0.240 e. The number of amides is 2. The number of nitrogens with zero attached hydrogens (tertiary/aromatic N) is 2. The van der Waals surface area contributed by atoms with Crippen LogP contribution in [0.3, 0.4) is 0 Å². The van der Waals surface area contributed by atoms with E-state index in [4.69, 9.17) is 0 Å². The zero-order valence-electron chi connectivity index (χ0n) is 17.0. The molecule has 29 heavy (non-hydrogen) atoms. The van der Waals surface area contributed by atoms with Crippen LogP contribution < -0.4 is 10.6 Å². The molecule has 1 aliphatic heterocycles. The summed E-state index contributed by atoms with van der Waals surface area (Å²) in [5.41, 5.74) is 1.35. The number of benzene rings is 1. The maximum atomic E-state index is 13.0. The van der Waals surface area contributed by atoms with E-state index < -0.39 is 5.25 Å². The average Bonchev–Trinajstić information content (AvgIpc) is 3.05. The van der Waals surface area contributed by atoms with Crippen molar-refractivity contribution < 1.29 is 14.0 Å². The normalized spacial score (nSPS) is 18.2. The van der Waals surface area contributed by atoms with E-state index >= 15 is 0 Å². The molecule has 2 amide bonds. The standard InChI is InChI=1S/C21H29FN4O2S/c1-3-4-5-6-7-8-13-23-19(27)14-18-20(28)24-21(29-18)26-25-15(2)16-9-11-17(22)12-10-16/h9-12,18H,3-8,13-14H2,1-2H3,(H,23,27)(H,24,26,28)/b25-15-/t18-/m1/s1. The highest BCUT2D eigenvalue weighted by Crippen LogP contribution is 2.22. The predicted octanol–water partition coefficient (Wildman–Crippen LogP) is 4.00. The van der Waals surface area contributed by atoms with Gasteiger partial charge >= 0.3 is 0 Å². The summed E-state index contributed by atoms with van der Waals surface area (Å²) < 4.78 is 13.0. The first kappa shape index (κ1) is 23.1. The Kier molecular flexibility index (Phi) is 9.83. The van der Waals surface area contributed by atoms with Crippen LogP contribution in [0.1, 0.15) is 64.4 Å². The third kappa shape index (κ3) is 8.35. The van der Waals surface area contributed by atoms with E-state index in [2.05, 4.69) is 27.8 Å². The van der Waals surface area contributed by atoms with Gasteiger partial charge in [0.1, 0.15) is 11.1 Å². The van der Waals surface area contributed by atoms with Gasteiger partial charge in [0.25, 0.3) is 0 Å². The second-order valence-electron chi connectivity index (χ2n) is 7.02. The van der Waals surface area contributed by atoms with Crippen LogP contribution in [0.4, 0.5) is 4.39 Å². The Morgan fingerprint density at radius 2 is 1.86 bits per heavy atom. The molecule has 8 heteroatoms. The second kappa shape index (κ2) is 12.4. The molecule has 0 aromatic heterocycles. The molecule has 1 aromatic carbocycles. The first-order valence-electron chi connectivity index (χ1n) is 10.1. The number of nitrogens with one attached hydrogen (secondary N) is 2. The van der Waals surface area contributed by atoms with Gasteiger partial charge in [-0.05, 0) is 31.0 Å². The Bertz CT molecular complexity index is 750. The van der Waals surface area contributed by atoms with E-state index in [1.165, 1.54) is 49.6 Å². The number of halogens is 1. The molecule has 0 spiro atoms. The van der Waals surface area contributed by atoms with Crippen molar-refractivity contribution in [1.29, 1.82) is 0 Å². The van der Waals surface area contributed by atoms with Crippen molar-refractivity contribution in [3.8, 4) is 0 Å². The fraction of sp³-hybridized carbons (Fsp3) is 0.524. The van der Waals surface area contributed by atoms with Gasteiger partial charge in [-0.15, -0.1) is 5.10 Å². The lowest BCUT2D eigenvalue weighted by Gasteiger charge is -2.07. The molecule has 1 saturated heterocycles. The molecule has 1 aromatic rings. The first-order valence-corrected chi connectivity index (χ1v) is 11.0. The Morgan fingerprint density at radius 1 is 1.17 bits per heavy atom. The molecular weight excluding hydrogens is 391 g/mol. The van der Waals surface area contributed by atoms with Crippen molar-refractivity contribution in [3.05, 3.63) is 35.6 Å². The summed E-state index contributed by atoms with van der Waals surface area (Å²) in [4.78, 5) is 24.1. The third-order valence-corrected chi connectivity index (χ3v) is 5.62. The molecule has 2 rings (SSSR count). The lowest BCUT2D eigenvalue weighted by molar-refractivity contribution is -0.125. The van der Waals surface area contributed by atoms with Gasteiger partial charge in [0.05, 0.1) is 5.71 Å². The monoisotopic (exact) mass is 420 g/mol. The molecule has 158 valence electrons. The van der Waals surface area contributed by atoms with E-state index in [1.807, 2.05) is 0 Å². The minimum Gasteiger partial charge on any atom is -0.356 e. The van der Waals surface area contributed by atoms with Crippen LogP contribution in [-0.4, -0.2) is 34.5 Å². The Hall–Kier alpha value is -2.22. The molecule has 0 unspecified atom stereocenters. The van der Waals surface area contributed by atoms with E-state index in [1.54, 1.807) is 19.1 Å². The zero-order valence-corrected chi connectivity index (χ0v) is 17.9. The van der Waals surface area contributed by atoms with Crippen molar-refractivity contribution in [3.63, 3.8) is 0 Å². The van der Waals surface area contributed by atoms with Gasteiger partial charge in [0.15, 0.2) is 5.17 Å². The smallest absolute Gasteiger partial charge is 0.240 e. The van der Waals surface area contributed by atoms with E-state index in [0.717, 1.165) is 18.4 Å². The lowest BCUT2D eigenvalue weighted by atomic mass is 10.1. The number of carbonyl (C=O) groups excluding carboxylic acids is 2. The molecular formula is C21H29FN4O2S. The van der Waals surface area contributed by atoms with Gasteiger partial charge in [0, 0.05) is 13.0 Å². The van der Waals surface area contributed by atoms with Gasteiger partial charge in [-0.3, -0.25) is 9.59 Å². The SMILES string of the molecule is CCCCCCCCNC(=O)C[C@H]1S/C(=N/N=C(/C)c2ccc(F)cc2)NC1=O. The fourth-order valence-electron chi connectivity index (χ4n) is 2.83. The molecule has 0 saturated carbocycles. The molecule has 0 bridgehead atoms. The average molecular weight is 421 g/mol. The van der Waals surface area contributed by atoms with Crippen molar-refractivity contribution in [2.24, 2.45) is 10.2 Å².